The van der Waals surface area contributed by atoms with Crippen LogP contribution in [0.4, 0.5) is 0 Å². The van der Waals surface area contributed by atoms with E-state index >= 15 is 0 Å². The van der Waals surface area contributed by atoms with Gasteiger partial charge in [0.05, 0.1) is 11.9 Å². The van der Waals surface area contributed by atoms with E-state index in [0.717, 1.165) is 32.2 Å². The van der Waals surface area contributed by atoms with Gasteiger partial charge >= 0.3 is 0 Å². The van der Waals surface area contributed by atoms with Crippen molar-refractivity contribution < 1.29 is 9.84 Å². The molecule has 2 N–H and O–H groups in total. The smallest absolute Gasteiger partial charge is 0.110 e. The molecule has 0 fully saturated rings. The average Bonchev–Trinajstić information content (AvgIpc) is 2.30. The van der Waals surface area contributed by atoms with Crippen molar-refractivity contribution in [3.63, 3.8) is 0 Å². The van der Waals surface area contributed by atoms with E-state index in [4.69, 9.17) is 4.74 Å². The lowest BCUT2D eigenvalue weighted by molar-refractivity contribution is 0.0278. The molecule has 0 spiro atoms. The third-order valence-electron chi connectivity index (χ3n) is 3.16. The van der Waals surface area contributed by atoms with Crippen LogP contribution in [0, 0.1) is 0 Å². The zero-order valence-electron chi connectivity index (χ0n) is 9.83. The first-order valence-corrected chi connectivity index (χ1v) is 5.94. The largest absolute Gasteiger partial charge is 0.497 e. The van der Waals surface area contributed by atoms with Crippen molar-refractivity contribution in [1.29, 1.82) is 0 Å². The number of allylic oxidation sites excluding steroid dienone is 1. The predicted octanol–water partition coefficient (Wildman–Crippen LogP) is 1.82. The summed E-state index contributed by atoms with van der Waals surface area (Å²) < 4.78 is 5.44. The van der Waals surface area contributed by atoms with Crippen LogP contribution in [0.15, 0.2) is 12.3 Å². The molecular weight excluding hydrogens is 190 g/mol. The van der Waals surface area contributed by atoms with Gasteiger partial charge in [-0.1, -0.05) is 13.8 Å². The molecule has 1 aliphatic heterocycles. The van der Waals surface area contributed by atoms with Crippen LogP contribution in [0.2, 0.25) is 0 Å². The van der Waals surface area contributed by atoms with Crippen molar-refractivity contribution in [2.45, 2.75) is 51.2 Å². The zero-order valence-corrected chi connectivity index (χ0v) is 9.83. The predicted molar refractivity (Wildman–Crippen MR) is 61.6 cm³/mol. The highest BCUT2D eigenvalue weighted by molar-refractivity contribution is 4.84. The molecule has 0 radical (unpaired) electrons. The lowest BCUT2D eigenvalue weighted by atomic mass is 9.97. The first-order valence-electron chi connectivity index (χ1n) is 5.94. The second-order valence-electron chi connectivity index (χ2n) is 4.27. The molecule has 1 unspecified atom stereocenters. The Kier molecular flexibility index (Phi) is 5.12. The van der Waals surface area contributed by atoms with E-state index in [1.165, 1.54) is 0 Å². The summed E-state index contributed by atoms with van der Waals surface area (Å²) in [6.45, 7) is 5.52. The van der Waals surface area contributed by atoms with E-state index in [2.05, 4.69) is 5.32 Å². The molecule has 3 nitrogen and oxygen atoms in total. The van der Waals surface area contributed by atoms with Gasteiger partial charge in [0.2, 0.25) is 0 Å². The fourth-order valence-corrected chi connectivity index (χ4v) is 1.70. The van der Waals surface area contributed by atoms with Gasteiger partial charge in [0.25, 0.3) is 0 Å². The molecule has 0 saturated heterocycles. The highest BCUT2D eigenvalue weighted by Gasteiger charge is 2.22. The molecule has 1 atom stereocenters. The molecule has 0 saturated carbocycles. The third-order valence-corrected chi connectivity index (χ3v) is 3.16. The number of ether oxygens (including phenoxy) is 1. The maximum Gasteiger partial charge on any atom is 0.110 e. The average molecular weight is 213 g/mol. The molecule has 0 aliphatic carbocycles. The molecule has 1 rings (SSSR count). The highest BCUT2D eigenvalue weighted by atomic mass is 16.5. The van der Waals surface area contributed by atoms with Crippen LogP contribution in [0.5, 0.6) is 0 Å². The van der Waals surface area contributed by atoms with Crippen molar-refractivity contribution in [3.05, 3.63) is 12.3 Å². The van der Waals surface area contributed by atoms with Gasteiger partial charge in [0.1, 0.15) is 6.10 Å². The molecule has 15 heavy (non-hydrogen) atoms. The van der Waals surface area contributed by atoms with Crippen LogP contribution in [-0.2, 0) is 4.74 Å². The SMILES string of the molecule is CCC(O)(CC)CNCC1CCC=CO1. The van der Waals surface area contributed by atoms with Crippen LogP contribution in [0.3, 0.4) is 0 Å². The van der Waals surface area contributed by atoms with E-state index in [0.29, 0.717) is 6.54 Å². The Labute approximate surface area is 92.5 Å². The van der Waals surface area contributed by atoms with Crippen LogP contribution < -0.4 is 5.32 Å². The first-order chi connectivity index (χ1) is 7.20. The Morgan fingerprint density at radius 3 is 2.73 bits per heavy atom. The summed E-state index contributed by atoms with van der Waals surface area (Å²) in [5, 5.41) is 13.3. The summed E-state index contributed by atoms with van der Waals surface area (Å²) in [6.07, 6.45) is 7.85. The van der Waals surface area contributed by atoms with Gasteiger partial charge in [-0.15, -0.1) is 0 Å². The summed E-state index contributed by atoms with van der Waals surface area (Å²) in [5.74, 6) is 0. The monoisotopic (exact) mass is 213 g/mol. The standard InChI is InChI=1S/C12H23NO2/c1-3-12(14,4-2)10-13-9-11-7-5-6-8-15-11/h6,8,11,13-14H,3-5,7,9-10H2,1-2H3. The van der Waals surface area contributed by atoms with Gasteiger partial charge in [0.15, 0.2) is 0 Å². The van der Waals surface area contributed by atoms with E-state index in [9.17, 15) is 5.11 Å². The van der Waals surface area contributed by atoms with Gasteiger partial charge in [-0.3, -0.25) is 0 Å². The molecule has 0 aromatic rings. The molecule has 1 heterocycles. The minimum absolute atomic E-state index is 0.271. The fraction of sp³-hybridized carbons (Fsp3) is 0.833. The summed E-state index contributed by atoms with van der Waals surface area (Å²) >= 11 is 0. The van der Waals surface area contributed by atoms with Gasteiger partial charge in [-0.05, 0) is 31.8 Å². The molecule has 0 bridgehead atoms. The molecule has 88 valence electrons. The Morgan fingerprint density at radius 1 is 1.47 bits per heavy atom. The maximum atomic E-state index is 10.0. The fourth-order valence-electron chi connectivity index (χ4n) is 1.70. The first kappa shape index (κ1) is 12.5. The quantitative estimate of drug-likeness (QED) is 0.707. The van der Waals surface area contributed by atoms with Crippen molar-refractivity contribution in [2.75, 3.05) is 13.1 Å². The van der Waals surface area contributed by atoms with E-state index in [1.54, 1.807) is 6.26 Å². The van der Waals surface area contributed by atoms with Crippen molar-refractivity contribution >= 4 is 0 Å². The van der Waals surface area contributed by atoms with Crippen LogP contribution >= 0.6 is 0 Å². The Morgan fingerprint density at radius 2 is 2.20 bits per heavy atom. The minimum atomic E-state index is -0.551. The minimum Gasteiger partial charge on any atom is -0.497 e. The van der Waals surface area contributed by atoms with E-state index in [1.807, 2.05) is 19.9 Å². The Balaban J connectivity index is 2.17. The number of hydrogen-bond donors (Lipinski definition) is 2. The summed E-state index contributed by atoms with van der Waals surface area (Å²) in [6, 6.07) is 0. The summed E-state index contributed by atoms with van der Waals surface area (Å²) in [7, 11) is 0. The number of nitrogens with one attached hydrogen (secondary N) is 1. The van der Waals surface area contributed by atoms with Gasteiger partial charge in [0, 0.05) is 13.1 Å². The highest BCUT2D eigenvalue weighted by Crippen LogP contribution is 2.13. The lowest BCUT2D eigenvalue weighted by Crippen LogP contribution is -2.42. The van der Waals surface area contributed by atoms with Crippen LogP contribution in [0.25, 0.3) is 0 Å². The van der Waals surface area contributed by atoms with Crippen molar-refractivity contribution in [1.82, 2.24) is 5.32 Å². The second kappa shape index (κ2) is 6.13. The number of hydrogen-bond acceptors (Lipinski definition) is 3. The normalized spacial score (nSPS) is 21.4. The van der Waals surface area contributed by atoms with E-state index < -0.39 is 5.60 Å². The van der Waals surface area contributed by atoms with Gasteiger partial charge in [-0.25, -0.2) is 0 Å². The van der Waals surface area contributed by atoms with Crippen molar-refractivity contribution in [3.8, 4) is 0 Å². The molecule has 1 aliphatic rings. The number of rotatable bonds is 6. The second-order valence-corrected chi connectivity index (χ2v) is 4.27. The van der Waals surface area contributed by atoms with Gasteiger partial charge in [-0.2, -0.15) is 0 Å². The summed E-state index contributed by atoms with van der Waals surface area (Å²) in [4.78, 5) is 0. The van der Waals surface area contributed by atoms with Gasteiger partial charge < -0.3 is 15.2 Å². The number of aliphatic hydroxyl groups is 1. The summed E-state index contributed by atoms with van der Waals surface area (Å²) in [5.41, 5.74) is -0.551. The zero-order chi connectivity index (χ0) is 11.1. The topological polar surface area (TPSA) is 41.5 Å². The van der Waals surface area contributed by atoms with Crippen LogP contribution in [-0.4, -0.2) is 29.9 Å². The third kappa shape index (κ3) is 4.22. The molecule has 0 aromatic carbocycles. The lowest BCUT2D eigenvalue weighted by Gasteiger charge is -2.27. The maximum absolute atomic E-state index is 10.0. The molecular formula is C12H23NO2. The Bertz CT molecular complexity index is 200. The molecule has 3 heteroatoms. The van der Waals surface area contributed by atoms with E-state index in [-0.39, 0.29) is 6.10 Å². The molecule has 0 aromatic heterocycles. The van der Waals surface area contributed by atoms with Crippen LogP contribution in [0.1, 0.15) is 39.5 Å². The molecule has 0 amide bonds. The Hall–Kier alpha value is -0.540. The van der Waals surface area contributed by atoms with Crippen molar-refractivity contribution in [2.24, 2.45) is 0 Å².